The number of carbonyl (C=O) groups excluding carboxylic acids is 1. The molecule has 1 rings (SSSR count). The molecular formula is C14H17F4NO2S. The van der Waals surface area contributed by atoms with E-state index in [-0.39, 0.29) is 24.8 Å². The summed E-state index contributed by atoms with van der Waals surface area (Å²) in [6.45, 7) is -1.16. The van der Waals surface area contributed by atoms with Crippen molar-refractivity contribution in [1.29, 1.82) is 0 Å². The van der Waals surface area contributed by atoms with Crippen molar-refractivity contribution in [2.45, 2.75) is 23.9 Å². The van der Waals surface area contributed by atoms with Crippen molar-refractivity contribution in [3.05, 3.63) is 30.1 Å². The number of carbonyl (C=O) groups is 1. The first-order valence-corrected chi connectivity index (χ1v) is 7.65. The van der Waals surface area contributed by atoms with Crippen LogP contribution in [0.5, 0.6) is 0 Å². The number of alkyl halides is 3. The lowest BCUT2D eigenvalue weighted by atomic mass is 10.3. The van der Waals surface area contributed by atoms with Crippen molar-refractivity contribution >= 4 is 17.7 Å². The number of benzene rings is 1. The number of rotatable bonds is 9. The molecule has 0 aliphatic rings. The van der Waals surface area contributed by atoms with Crippen LogP contribution in [0.2, 0.25) is 0 Å². The molecule has 0 aromatic heterocycles. The summed E-state index contributed by atoms with van der Waals surface area (Å²) in [6.07, 6.45) is -3.76. The predicted octanol–water partition coefficient (Wildman–Crippen LogP) is 3.39. The van der Waals surface area contributed by atoms with Gasteiger partial charge in [0.25, 0.3) is 0 Å². The largest absolute Gasteiger partial charge is 0.411 e. The average molecular weight is 339 g/mol. The molecule has 0 aliphatic heterocycles. The molecule has 0 unspecified atom stereocenters. The van der Waals surface area contributed by atoms with Crippen LogP contribution in [0.15, 0.2) is 29.2 Å². The lowest BCUT2D eigenvalue weighted by molar-refractivity contribution is -0.174. The van der Waals surface area contributed by atoms with Gasteiger partial charge in [0, 0.05) is 17.9 Å². The Bertz CT molecular complexity index is 451. The summed E-state index contributed by atoms with van der Waals surface area (Å²) in [6, 6.07) is 6.11. The minimum Gasteiger partial charge on any atom is -0.372 e. The molecule has 0 bridgehead atoms. The van der Waals surface area contributed by atoms with Crippen LogP contribution in [-0.2, 0) is 9.53 Å². The van der Waals surface area contributed by atoms with Crippen LogP contribution in [0.1, 0.15) is 12.8 Å². The lowest BCUT2D eigenvalue weighted by Crippen LogP contribution is -2.26. The van der Waals surface area contributed by atoms with Crippen LogP contribution in [0, 0.1) is 5.82 Å². The average Bonchev–Trinajstić information content (AvgIpc) is 2.44. The molecule has 0 saturated heterocycles. The summed E-state index contributed by atoms with van der Waals surface area (Å²) in [4.78, 5) is 12.3. The maximum atomic E-state index is 12.7. The van der Waals surface area contributed by atoms with Crippen LogP contribution in [0.3, 0.4) is 0 Å². The van der Waals surface area contributed by atoms with Crippen molar-refractivity contribution in [2.75, 3.05) is 25.5 Å². The second-order valence-corrected chi connectivity index (χ2v) is 5.59. The quantitative estimate of drug-likeness (QED) is 0.426. The smallest absolute Gasteiger partial charge is 0.372 e. The molecular weight excluding hydrogens is 322 g/mol. The van der Waals surface area contributed by atoms with Gasteiger partial charge in [-0.1, -0.05) is 0 Å². The Kier molecular flexibility index (Phi) is 8.26. The highest BCUT2D eigenvalue weighted by atomic mass is 32.2. The van der Waals surface area contributed by atoms with Crippen molar-refractivity contribution < 1.29 is 27.1 Å². The Morgan fingerprint density at radius 3 is 2.55 bits per heavy atom. The molecule has 1 aromatic rings. The third kappa shape index (κ3) is 9.62. The standard InChI is InChI=1S/C14H17F4NO2S/c15-11-2-4-12(5-3-11)22-9-1-7-19-13(20)6-8-21-10-14(16,17)18/h2-5H,1,6-10H2,(H,19,20). The first-order chi connectivity index (χ1) is 10.4. The summed E-state index contributed by atoms with van der Waals surface area (Å²) in [7, 11) is 0. The van der Waals surface area contributed by atoms with Gasteiger partial charge in [-0.2, -0.15) is 13.2 Å². The fourth-order valence-corrected chi connectivity index (χ4v) is 2.31. The first-order valence-electron chi connectivity index (χ1n) is 6.66. The normalized spacial score (nSPS) is 11.5. The maximum absolute atomic E-state index is 12.7. The van der Waals surface area contributed by atoms with Gasteiger partial charge in [0.1, 0.15) is 12.4 Å². The minimum absolute atomic E-state index is 0.0960. The van der Waals surface area contributed by atoms with Crippen molar-refractivity contribution in [3.8, 4) is 0 Å². The summed E-state index contributed by atoms with van der Waals surface area (Å²) in [5.41, 5.74) is 0. The molecule has 8 heteroatoms. The molecule has 0 saturated carbocycles. The molecule has 22 heavy (non-hydrogen) atoms. The Labute approximate surface area is 130 Å². The van der Waals surface area contributed by atoms with Gasteiger partial charge < -0.3 is 10.1 Å². The van der Waals surface area contributed by atoms with Crippen molar-refractivity contribution in [3.63, 3.8) is 0 Å². The van der Waals surface area contributed by atoms with E-state index < -0.39 is 12.8 Å². The van der Waals surface area contributed by atoms with Gasteiger partial charge in [-0.15, -0.1) is 11.8 Å². The Hall–Kier alpha value is -1.28. The number of hydrogen-bond acceptors (Lipinski definition) is 3. The summed E-state index contributed by atoms with van der Waals surface area (Å²) in [5.74, 6) is 0.120. The van der Waals surface area contributed by atoms with Gasteiger partial charge in [-0.3, -0.25) is 4.79 Å². The molecule has 0 radical (unpaired) electrons. The van der Waals surface area contributed by atoms with Gasteiger partial charge in [-0.25, -0.2) is 4.39 Å². The van der Waals surface area contributed by atoms with Crippen molar-refractivity contribution in [1.82, 2.24) is 5.32 Å². The highest BCUT2D eigenvalue weighted by Gasteiger charge is 2.27. The van der Waals surface area contributed by atoms with Crippen LogP contribution in [-0.4, -0.2) is 37.6 Å². The van der Waals surface area contributed by atoms with E-state index in [0.717, 1.165) is 10.6 Å². The van der Waals surface area contributed by atoms with E-state index in [4.69, 9.17) is 0 Å². The summed E-state index contributed by atoms with van der Waals surface area (Å²) < 4.78 is 52.4. The Morgan fingerprint density at radius 2 is 1.91 bits per heavy atom. The zero-order chi connectivity index (χ0) is 16.4. The topological polar surface area (TPSA) is 38.3 Å². The number of ether oxygens (including phenoxy) is 1. The monoisotopic (exact) mass is 339 g/mol. The highest BCUT2D eigenvalue weighted by Crippen LogP contribution is 2.18. The van der Waals surface area contributed by atoms with Gasteiger partial charge in [0.15, 0.2) is 0 Å². The van der Waals surface area contributed by atoms with E-state index >= 15 is 0 Å². The second kappa shape index (κ2) is 9.68. The van der Waals surface area contributed by atoms with Gasteiger partial charge in [0.2, 0.25) is 5.91 Å². The number of halogens is 4. The minimum atomic E-state index is -4.37. The molecule has 3 nitrogen and oxygen atoms in total. The molecule has 1 amide bonds. The number of hydrogen-bond donors (Lipinski definition) is 1. The van der Waals surface area contributed by atoms with Gasteiger partial charge in [-0.05, 0) is 36.4 Å². The third-order valence-electron chi connectivity index (χ3n) is 2.46. The van der Waals surface area contributed by atoms with Crippen LogP contribution in [0.25, 0.3) is 0 Å². The third-order valence-corrected chi connectivity index (χ3v) is 3.56. The van der Waals surface area contributed by atoms with E-state index in [2.05, 4.69) is 10.1 Å². The fraction of sp³-hybridized carbons (Fsp3) is 0.500. The van der Waals surface area contributed by atoms with E-state index in [1.807, 2.05) is 0 Å². The predicted molar refractivity (Wildman–Crippen MR) is 76.2 cm³/mol. The SMILES string of the molecule is O=C(CCOCC(F)(F)F)NCCCSc1ccc(F)cc1. The van der Waals surface area contributed by atoms with Crippen LogP contribution >= 0.6 is 11.8 Å². The molecule has 0 heterocycles. The molecule has 0 atom stereocenters. The van der Waals surface area contributed by atoms with Gasteiger partial charge >= 0.3 is 6.18 Å². The fourth-order valence-electron chi connectivity index (χ4n) is 1.46. The molecule has 0 spiro atoms. The molecule has 124 valence electrons. The zero-order valence-corrected chi connectivity index (χ0v) is 12.6. The van der Waals surface area contributed by atoms with Gasteiger partial charge in [0.05, 0.1) is 6.61 Å². The molecule has 0 aliphatic carbocycles. The summed E-state index contributed by atoms with van der Waals surface area (Å²) in [5, 5.41) is 2.60. The number of thioether (sulfide) groups is 1. The summed E-state index contributed by atoms with van der Waals surface area (Å²) >= 11 is 1.54. The first kappa shape index (κ1) is 18.8. The molecule has 0 fully saturated rings. The number of nitrogens with one attached hydrogen (secondary N) is 1. The second-order valence-electron chi connectivity index (χ2n) is 4.42. The maximum Gasteiger partial charge on any atom is 0.411 e. The van der Waals surface area contributed by atoms with Crippen LogP contribution < -0.4 is 5.32 Å². The molecule has 1 N–H and O–H groups in total. The van der Waals surface area contributed by atoms with Crippen LogP contribution in [0.4, 0.5) is 17.6 Å². The Balaban J connectivity index is 2.00. The zero-order valence-electron chi connectivity index (χ0n) is 11.8. The van der Waals surface area contributed by atoms with E-state index in [0.29, 0.717) is 13.0 Å². The Morgan fingerprint density at radius 1 is 1.23 bits per heavy atom. The van der Waals surface area contributed by atoms with E-state index in [1.165, 1.54) is 23.9 Å². The van der Waals surface area contributed by atoms with E-state index in [9.17, 15) is 22.4 Å². The lowest BCUT2D eigenvalue weighted by Gasteiger charge is -2.08. The van der Waals surface area contributed by atoms with E-state index in [1.54, 1.807) is 12.1 Å². The number of amides is 1. The van der Waals surface area contributed by atoms with Crippen molar-refractivity contribution in [2.24, 2.45) is 0 Å². The molecule has 1 aromatic carbocycles. The highest BCUT2D eigenvalue weighted by molar-refractivity contribution is 7.99.